The number of nitrogens with one attached hydrogen (secondary N) is 1. The number of aryl methyl sites for hydroxylation is 2. The SMILES string of the molecule is Cc1ccc(CNc2ccc(N3CCC(CO)CC3)cn2)cc1C. The Kier molecular flexibility index (Phi) is 5.36. The zero-order valence-corrected chi connectivity index (χ0v) is 14.6. The maximum Gasteiger partial charge on any atom is 0.126 e. The lowest BCUT2D eigenvalue weighted by Gasteiger charge is -2.32. The van der Waals surface area contributed by atoms with E-state index in [4.69, 9.17) is 0 Å². The Labute approximate surface area is 144 Å². The van der Waals surface area contributed by atoms with E-state index in [1.807, 2.05) is 6.20 Å². The van der Waals surface area contributed by atoms with Crippen molar-refractivity contribution in [2.24, 2.45) is 5.92 Å². The summed E-state index contributed by atoms with van der Waals surface area (Å²) in [5.41, 5.74) is 5.09. The Bertz CT molecular complexity index is 661. The van der Waals surface area contributed by atoms with Crippen LogP contribution in [0.3, 0.4) is 0 Å². The van der Waals surface area contributed by atoms with E-state index in [0.29, 0.717) is 12.5 Å². The fourth-order valence-corrected chi connectivity index (χ4v) is 3.16. The third-order valence-corrected chi connectivity index (χ3v) is 5.03. The van der Waals surface area contributed by atoms with Gasteiger partial charge in [0.25, 0.3) is 0 Å². The first-order chi connectivity index (χ1) is 11.7. The number of aliphatic hydroxyl groups is 1. The number of hydrogen-bond acceptors (Lipinski definition) is 4. The van der Waals surface area contributed by atoms with Crippen molar-refractivity contribution in [2.45, 2.75) is 33.2 Å². The Hall–Kier alpha value is -2.07. The molecule has 0 radical (unpaired) electrons. The second kappa shape index (κ2) is 7.67. The molecular formula is C20H27N3O. The molecule has 0 saturated carbocycles. The van der Waals surface area contributed by atoms with Crippen LogP contribution in [0.4, 0.5) is 11.5 Å². The molecule has 4 heteroatoms. The third kappa shape index (κ3) is 4.06. The van der Waals surface area contributed by atoms with Crippen molar-refractivity contribution >= 4 is 11.5 Å². The van der Waals surface area contributed by atoms with Crippen LogP contribution in [0.5, 0.6) is 0 Å². The van der Waals surface area contributed by atoms with Crippen LogP contribution < -0.4 is 10.2 Å². The van der Waals surface area contributed by atoms with Gasteiger partial charge in [-0.25, -0.2) is 4.98 Å². The molecular weight excluding hydrogens is 298 g/mol. The highest BCUT2D eigenvalue weighted by Crippen LogP contribution is 2.23. The van der Waals surface area contributed by atoms with E-state index in [9.17, 15) is 5.11 Å². The minimum atomic E-state index is 0.313. The number of rotatable bonds is 5. The molecule has 1 aliphatic rings. The third-order valence-electron chi connectivity index (χ3n) is 5.03. The van der Waals surface area contributed by atoms with Gasteiger partial charge in [0, 0.05) is 26.2 Å². The number of aromatic nitrogens is 1. The van der Waals surface area contributed by atoms with Crippen molar-refractivity contribution in [3.8, 4) is 0 Å². The van der Waals surface area contributed by atoms with Crippen LogP contribution in [0, 0.1) is 19.8 Å². The van der Waals surface area contributed by atoms with Gasteiger partial charge in [-0.2, -0.15) is 0 Å². The van der Waals surface area contributed by atoms with Crippen LogP contribution in [0.25, 0.3) is 0 Å². The van der Waals surface area contributed by atoms with E-state index in [-0.39, 0.29) is 0 Å². The van der Waals surface area contributed by atoms with E-state index < -0.39 is 0 Å². The Morgan fingerprint density at radius 3 is 2.54 bits per heavy atom. The topological polar surface area (TPSA) is 48.4 Å². The zero-order chi connectivity index (χ0) is 16.9. The van der Waals surface area contributed by atoms with E-state index >= 15 is 0 Å². The molecule has 0 unspecified atom stereocenters. The Balaban J connectivity index is 1.55. The van der Waals surface area contributed by atoms with E-state index in [1.54, 1.807) is 0 Å². The molecule has 24 heavy (non-hydrogen) atoms. The van der Waals surface area contributed by atoms with E-state index in [1.165, 1.54) is 22.4 Å². The molecule has 2 heterocycles. The highest BCUT2D eigenvalue weighted by atomic mass is 16.3. The molecule has 1 saturated heterocycles. The highest BCUT2D eigenvalue weighted by Gasteiger charge is 2.18. The molecule has 3 rings (SSSR count). The number of piperidine rings is 1. The summed E-state index contributed by atoms with van der Waals surface area (Å²) in [6, 6.07) is 10.7. The number of benzene rings is 1. The van der Waals surface area contributed by atoms with Gasteiger partial charge in [-0.3, -0.25) is 0 Å². The van der Waals surface area contributed by atoms with Crippen LogP contribution in [-0.4, -0.2) is 29.8 Å². The van der Waals surface area contributed by atoms with Gasteiger partial charge >= 0.3 is 0 Å². The lowest BCUT2D eigenvalue weighted by atomic mass is 9.98. The van der Waals surface area contributed by atoms with Gasteiger partial charge < -0.3 is 15.3 Å². The van der Waals surface area contributed by atoms with E-state index in [2.05, 4.69) is 59.4 Å². The van der Waals surface area contributed by atoms with Gasteiger partial charge in [0.15, 0.2) is 0 Å². The molecule has 0 spiro atoms. The molecule has 0 aliphatic carbocycles. The van der Waals surface area contributed by atoms with Crippen LogP contribution in [0.2, 0.25) is 0 Å². The van der Waals surface area contributed by atoms with Crippen LogP contribution in [0.15, 0.2) is 36.5 Å². The largest absolute Gasteiger partial charge is 0.396 e. The molecule has 1 aliphatic heterocycles. The van der Waals surface area contributed by atoms with Gasteiger partial charge in [0.2, 0.25) is 0 Å². The predicted octanol–water partition coefficient (Wildman–Crippen LogP) is 3.52. The van der Waals surface area contributed by atoms with Gasteiger partial charge in [0.1, 0.15) is 5.82 Å². The quantitative estimate of drug-likeness (QED) is 0.883. The molecule has 128 valence electrons. The van der Waals surface area contributed by atoms with Gasteiger partial charge in [-0.15, -0.1) is 0 Å². The molecule has 1 aromatic heterocycles. The monoisotopic (exact) mass is 325 g/mol. The summed E-state index contributed by atoms with van der Waals surface area (Å²) in [5.74, 6) is 1.37. The maximum atomic E-state index is 9.23. The molecule has 0 bridgehead atoms. The molecule has 1 fully saturated rings. The summed E-state index contributed by atoms with van der Waals surface area (Å²) < 4.78 is 0. The summed E-state index contributed by atoms with van der Waals surface area (Å²) >= 11 is 0. The molecule has 0 atom stereocenters. The first-order valence-corrected chi connectivity index (χ1v) is 8.77. The first-order valence-electron chi connectivity index (χ1n) is 8.77. The average Bonchev–Trinajstić information content (AvgIpc) is 2.63. The number of anilines is 2. The lowest BCUT2D eigenvalue weighted by Crippen LogP contribution is -2.34. The van der Waals surface area contributed by atoms with Crippen molar-refractivity contribution in [3.05, 3.63) is 53.2 Å². The zero-order valence-electron chi connectivity index (χ0n) is 14.6. The molecule has 1 aromatic carbocycles. The van der Waals surface area contributed by atoms with Crippen molar-refractivity contribution in [1.29, 1.82) is 0 Å². The second-order valence-electron chi connectivity index (χ2n) is 6.79. The minimum Gasteiger partial charge on any atom is -0.396 e. The minimum absolute atomic E-state index is 0.313. The van der Waals surface area contributed by atoms with Gasteiger partial charge in [0.05, 0.1) is 11.9 Å². The first kappa shape index (κ1) is 16.8. The van der Waals surface area contributed by atoms with Gasteiger partial charge in [-0.05, 0) is 61.4 Å². The number of nitrogens with zero attached hydrogens (tertiary/aromatic N) is 2. The van der Waals surface area contributed by atoms with Crippen molar-refractivity contribution in [3.63, 3.8) is 0 Å². The molecule has 2 aromatic rings. The fourth-order valence-electron chi connectivity index (χ4n) is 3.16. The number of pyridine rings is 1. The van der Waals surface area contributed by atoms with Crippen LogP contribution >= 0.6 is 0 Å². The normalized spacial score (nSPS) is 15.5. The Morgan fingerprint density at radius 1 is 1.12 bits per heavy atom. The number of aliphatic hydroxyl groups excluding tert-OH is 1. The Morgan fingerprint density at radius 2 is 1.92 bits per heavy atom. The van der Waals surface area contributed by atoms with Crippen molar-refractivity contribution < 1.29 is 5.11 Å². The highest BCUT2D eigenvalue weighted by molar-refractivity contribution is 5.50. The summed E-state index contributed by atoms with van der Waals surface area (Å²) in [6.07, 6.45) is 4.06. The number of hydrogen-bond donors (Lipinski definition) is 2. The molecule has 4 nitrogen and oxygen atoms in total. The smallest absolute Gasteiger partial charge is 0.126 e. The summed E-state index contributed by atoms with van der Waals surface area (Å²) in [5, 5.41) is 12.6. The van der Waals surface area contributed by atoms with E-state index in [0.717, 1.165) is 38.3 Å². The van der Waals surface area contributed by atoms with Crippen molar-refractivity contribution in [1.82, 2.24) is 4.98 Å². The van der Waals surface area contributed by atoms with Crippen molar-refractivity contribution in [2.75, 3.05) is 29.9 Å². The summed E-state index contributed by atoms with van der Waals surface area (Å²) in [4.78, 5) is 6.90. The van der Waals surface area contributed by atoms with Gasteiger partial charge in [-0.1, -0.05) is 18.2 Å². The fraction of sp³-hybridized carbons (Fsp3) is 0.450. The molecule has 0 amide bonds. The molecule has 2 N–H and O–H groups in total. The summed E-state index contributed by atoms with van der Waals surface area (Å²) in [7, 11) is 0. The second-order valence-corrected chi connectivity index (χ2v) is 6.79. The van der Waals surface area contributed by atoms with Crippen LogP contribution in [-0.2, 0) is 6.54 Å². The van der Waals surface area contributed by atoms with Crippen LogP contribution in [0.1, 0.15) is 29.5 Å². The lowest BCUT2D eigenvalue weighted by molar-refractivity contribution is 0.203. The standard InChI is InChI=1S/C20H27N3O/c1-15-3-4-18(11-16(15)2)12-21-20-6-5-19(13-22-20)23-9-7-17(14-24)8-10-23/h3-6,11,13,17,24H,7-10,12,14H2,1-2H3,(H,21,22). The summed E-state index contributed by atoms with van der Waals surface area (Å²) in [6.45, 7) is 7.38. The average molecular weight is 325 g/mol. The maximum absolute atomic E-state index is 9.23. The predicted molar refractivity (Wildman–Crippen MR) is 99.5 cm³/mol.